The summed E-state index contributed by atoms with van der Waals surface area (Å²) in [4.78, 5) is 6.90. The summed E-state index contributed by atoms with van der Waals surface area (Å²) in [6.45, 7) is 5.77. The van der Waals surface area contributed by atoms with Crippen LogP contribution in [0.2, 0.25) is 0 Å². The standard InChI is InChI=1S/C15H25N3O/c1-3-10-19-14-8-5-9-17-15(14)18-12(2)6-4-7-13(18)11-16/h5,8-9,12-13H,3-4,6-7,10-11,16H2,1-2H3. The van der Waals surface area contributed by atoms with Gasteiger partial charge in [0.25, 0.3) is 0 Å². The highest BCUT2D eigenvalue weighted by molar-refractivity contribution is 5.54. The third kappa shape index (κ3) is 3.18. The summed E-state index contributed by atoms with van der Waals surface area (Å²) in [7, 11) is 0. The predicted octanol–water partition coefficient (Wildman–Crippen LogP) is 2.58. The second-order valence-electron chi connectivity index (χ2n) is 5.25. The van der Waals surface area contributed by atoms with E-state index in [0.717, 1.165) is 31.0 Å². The van der Waals surface area contributed by atoms with Crippen molar-refractivity contribution in [2.24, 2.45) is 5.73 Å². The topological polar surface area (TPSA) is 51.4 Å². The van der Waals surface area contributed by atoms with Gasteiger partial charge in [-0.1, -0.05) is 6.92 Å². The smallest absolute Gasteiger partial charge is 0.171 e. The van der Waals surface area contributed by atoms with E-state index in [1.54, 1.807) is 0 Å². The summed E-state index contributed by atoms with van der Waals surface area (Å²) in [6, 6.07) is 4.79. The van der Waals surface area contributed by atoms with Crippen LogP contribution in [0, 0.1) is 0 Å². The first-order valence-electron chi connectivity index (χ1n) is 7.34. The number of hydrogen-bond donors (Lipinski definition) is 1. The minimum atomic E-state index is 0.377. The van der Waals surface area contributed by atoms with E-state index < -0.39 is 0 Å². The van der Waals surface area contributed by atoms with Gasteiger partial charge >= 0.3 is 0 Å². The van der Waals surface area contributed by atoms with Crippen LogP contribution in [0.4, 0.5) is 5.82 Å². The Balaban J connectivity index is 2.27. The molecule has 1 aromatic heterocycles. The molecule has 1 aromatic rings. The van der Waals surface area contributed by atoms with Crippen molar-refractivity contribution in [1.82, 2.24) is 4.98 Å². The fourth-order valence-corrected chi connectivity index (χ4v) is 2.80. The van der Waals surface area contributed by atoms with E-state index in [1.165, 1.54) is 12.8 Å². The lowest BCUT2D eigenvalue weighted by atomic mass is 9.96. The highest BCUT2D eigenvalue weighted by Crippen LogP contribution is 2.33. The maximum Gasteiger partial charge on any atom is 0.171 e. The van der Waals surface area contributed by atoms with E-state index in [4.69, 9.17) is 10.5 Å². The fraction of sp³-hybridized carbons (Fsp3) is 0.667. The third-order valence-corrected chi connectivity index (χ3v) is 3.76. The Kier molecular flexibility index (Phi) is 5.02. The largest absolute Gasteiger partial charge is 0.490 e. The Morgan fingerprint density at radius 1 is 1.47 bits per heavy atom. The molecule has 4 nitrogen and oxygen atoms in total. The molecule has 1 aliphatic rings. The summed E-state index contributed by atoms with van der Waals surface area (Å²) in [5.74, 6) is 1.84. The van der Waals surface area contributed by atoms with Gasteiger partial charge in [-0.25, -0.2) is 4.98 Å². The van der Waals surface area contributed by atoms with Crippen LogP contribution in [0.3, 0.4) is 0 Å². The number of ether oxygens (including phenoxy) is 1. The second-order valence-corrected chi connectivity index (χ2v) is 5.25. The molecule has 1 saturated heterocycles. The number of nitrogens with two attached hydrogens (primary N) is 1. The minimum absolute atomic E-state index is 0.377. The summed E-state index contributed by atoms with van der Waals surface area (Å²) in [5.41, 5.74) is 5.93. The molecule has 0 aliphatic carbocycles. The maximum absolute atomic E-state index is 5.93. The molecule has 2 unspecified atom stereocenters. The average Bonchev–Trinajstić information content (AvgIpc) is 2.45. The SMILES string of the molecule is CCCOc1cccnc1N1C(C)CCCC1CN. The van der Waals surface area contributed by atoms with Gasteiger partial charge in [0.05, 0.1) is 6.61 Å². The summed E-state index contributed by atoms with van der Waals surface area (Å²) < 4.78 is 5.84. The second kappa shape index (κ2) is 6.75. The van der Waals surface area contributed by atoms with E-state index in [-0.39, 0.29) is 0 Å². The van der Waals surface area contributed by atoms with Crippen LogP contribution >= 0.6 is 0 Å². The molecule has 106 valence electrons. The molecule has 2 rings (SSSR count). The van der Waals surface area contributed by atoms with Crippen molar-refractivity contribution in [3.8, 4) is 5.75 Å². The molecule has 2 heterocycles. The lowest BCUT2D eigenvalue weighted by Crippen LogP contribution is -2.49. The van der Waals surface area contributed by atoms with Crippen molar-refractivity contribution in [2.75, 3.05) is 18.1 Å². The Labute approximate surface area is 116 Å². The Hall–Kier alpha value is -1.29. The number of nitrogens with zero attached hydrogens (tertiary/aromatic N) is 2. The molecule has 19 heavy (non-hydrogen) atoms. The predicted molar refractivity (Wildman–Crippen MR) is 78.7 cm³/mol. The zero-order valence-corrected chi connectivity index (χ0v) is 12.0. The van der Waals surface area contributed by atoms with Crippen LogP contribution in [0.25, 0.3) is 0 Å². The van der Waals surface area contributed by atoms with E-state index in [2.05, 4.69) is 23.7 Å². The van der Waals surface area contributed by atoms with Crippen molar-refractivity contribution >= 4 is 5.82 Å². The van der Waals surface area contributed by atoms with Gasteiger partial charge in [0.2, 0.25) is 0 Å². The number of aromatic nitrogens is 1. The van der Waals surface area contributed by atoms with Gasteiger partial charge in [-0.05, 0) is 44.7 Å². The highest BCUT2D eigenvalue weighted by Gasteiger charge is 2.29. The van der Waals surface area contributed by atoms with E-state index in [1.807, 2.05) is 18.3 Å². The number of pyridine rings is 1. The maximum atomic E-state index is 5.93. The van der Waals surface area contributed by atoms with Crippen molar-refractivity contribution in [3.63, 3.8) is 0 Å². The first-order valence-corrected chi connectivity index (χ1v) is 7.34. The molecule has 2 atom stereocenters. The first kappa shape index (κ1) is 14.1. The van der Waals surface area contributed by atoms with Crippen molar-refractivity contribution < 1.29 is 4.74 Å². The van der Waals surface area contributed by atoms with Crippen LogP contribution in [-0.4, -0.2) is 30.2 Å². The van der Waals surface area contributed by atoms with Gasteiger partial charge in [-0.15, -0.1) is 0 Å². The molecule has 2 N–H and O–H groups in total. The third-order valence-electron chi connectivity index (χ3n) is 3.76. The van der Waals surface area contributed by atoms with Crippen molar-refractivity contribution in [1.29, 1.82) is 0 Å². The molecule has 1 fully saturated rings. The molecular weight excluding hydrogens is 238 g/mol. The summed E-state index contributed by atoms with van der Waals surface area (Å²) >= 11 is 0. The van der Waals surface area contributed by atoms with Gasteiger partial charge in [-0.3, -0.25) is 0 Å². The molecule has 0 bridgehead atoms. The van der Waals surface area contributed by atoms with Crippen LogP contribution < -0.4 is 15.4 Å². The fourth-order valence-electron chi connectivity index (χ4n) is 2.80. The van der Waals surface area contributed by atoms with Crippen molar-refractivity contribution in [3.05, 3.63) is 18.3 Å². The Morgan fingerprint density at radius 3 is 3.05 bits per heavy atom. The molecule has 0 aromatic carbocycles. The Morgan fingerprint density at radius 2 is 2.32 bits per heavy atom. The minimum Gasteiger partial charge on any atom is -0.490 e. The molecule has 0 spiro atoms. The van der Waals surface area contributed by atoms with E-state index in [9.17, 15) is 0 Å². The molecule has 1 aliphatic heterocycles. The van der Waals surface area contributed by atoms with Crippen LogP contribution in [0.1, 0.15) is 39.5 Å². The summed E-state index contributed by atoms with van der Waals surface area (Å²) in [6.07, 6.45) is 6.43. The lowest BCUT2D eigenvalue weighted by molar-refractivity contribution is 0.311. The van der Waals surface area contributed by atoms with Gasteiger partial charge in [0, 0.05) is 24.8 Å². The normalized spacial score (nSPS) is 23.4. The van der Waals surface area contributed by atoms with E-state index >= 15 is 0 Å². The van der Waals surface area contributed by atoms with E-state index in [0.29, 0.717) is 18.6 Å². The quantitative estimate of drug-likeness (QED) is 0.887. The van der Waals surface area contributed by atoms with Gasteiger partial charge in [0.1, 0.15) is 0 Å². The zero-order valence-electron chi connectivity index (χ0n) is 12.0. The van der Waals surface area contributed by atoms with Crippen LogP contribution in [0.5, 0.6) is 5.75 Å². The average molecular weight is 263 g/mol. The van der Waals surface area contributed by atoms with Gasteiger partial charge in [-0.2, -0.15) is 0 Å². The van der Waals surface area contributed by atoms with Crippen molar-refractivity contribution in [2.45, 2.75) is 51.6 Å². The molecule has 4 heteroatoms. The van der Waals surface area contributed by atoms with Gasteiger partial charge in [0.15, 0.2) is 11.6 Å². The summed E-state index contributed by atoms with van der Waals surface area (Å²) in [5, 5.41) is 0. The molecular formula is C15H25N3O. The molecule has 0 saturated carbocycles. The Bertz CT molecular complexity index is 397. The molecule has 0 radical (unpaired) electrons. The van der Waals surface area contributed by atoms with Crippen LogP contribution in [-0.2, 0) is 0 Å². The number of rotatable bonds is 5. The number of hydrogen-bond acceptors (Lipinski definition) is 4. The highest BCUT2D eigenvalue weighted by atomic mass is 16.5. The monoisotopic (exact) mass is 263 g/mol. The number of piperidine rings is 1. The molecule has 0 amide bonds. The lowest BCUT2D eigenvalue weighted by Gasteiger charge is -2.41. The zero-order chi connectivity index (χ0) is 13.7. The number of anilines is 1. The van der Waals surface area contributed by atoms with Gasteiger partial charge < -0.3 is 15.4 Å². The van der Waals surface area contributed by atoms with Crippen LogP contribution in [0.15, 0.2) is 18.3 Å². The first-order chi connectivity index (χ1) is 9.27.